The van der Waals surface area contributed by atoms with Gasteiger partial charge in [0, 0.05) is 19.8 Å². The maximum atomic E-state index is 12.3. The van der Waals surface area contributed by atoms with Crippen LogP contribution in [-0.2, 0) is 0 Å². The summed E-state index contributed by atoms with van der Waals surface area (Å²) >= 11 is 5.58. The van der Waals surface area contributed by atoms with Crippen molar-refractivity contribution in [3.63, 3.8) is 0 Å². The number of methoxy groups -OCH3 is 1. The minimum atomic E-state index is -0.127. The lowest BCUT2D eigenvalue weighted by Crippen LogP contribution is -2.14. The number of ether oxygens (including phenoxy) is 1. The third kappa shape index (κ3) is 3.52. The minimum absolute atomic E-state index is 0.127. The van der Waals surface area contributed by atoms with Crippen LogP contribution in [0.1, 0.15) is 15.9 Å². The van der Waals surface area contributed by atoms with Gasteiger partial charge in [0.25, 0.3) is 5.91 Å². The van der Waals surface area contributed by atoms with E-state index >= 15 is 0 Å². The summed E-state index contributed by atoms with van der Waals surface area (Å²) in [6.07, 6.45) is 0. The Labute approximate surface area is 140 Å². The Morgan fingerprint density at radius 3 is 2.75 bits per heavy atom. The number of halogens is 2. The molecule has 0 aliphatic rings. The first-order valence-corrected chi connectivity index (χ1v) is 7.79. The molecular weight excluding hydrogens is 433 g/mol. The molecule has 0 fully saturated rings. The van der Waals surface area contributed by atoms with Crippen molar-refractivity contribution >= 4 is 50.1 Å². The van der Waals surface area contributed by atoms with Crippen molar-refractivity contribution < 1.29 is 9.53 Å². The SMILES string of the molecule is COc1cc(Br)cc(NC(=O)c2cccc(C)c2I)c1. The molecule has 0 saturated heterocycles. The summed E-state index contributed by atoms with van der Waals surface area (Å²) in [4.78, 5) is 12.3. The number of nitrogens with one attached hydrogen (secondary N) is 1. The fraction of sp³-hybridized carbons (Fsp3) is 0.133. The lowest BCUT2D eigenvalue weighted by molar-refractivity contribution is 0.102. The van der Waals surface area contributed by atoms with E-state index in [1.54, 1.807) is 13.2 Å². The number of carbonyl (C=O) groups excluding carboxylic acids is 1. The molecule has 3 nitrogen and oxygen atoms in total. The number of anilines is 1. The van der Waals surface area contributed by atoms with Gasteiger partial charge in [-0.25, -0.2) is 0 Å². The van der Waals surface area contributed by atoms with Crippen LogP contribution in [-0.4, -0.2) is 13.0 Å². The maximum Gasteiger partial charge on any atom is 0.256 e. The zero-order valence-electron chi connectivity index (χ0n) is 11.0. The molecule has 0 radical (unpaired) electrons. The van der Waals surface area contributed by atoms with E-state index in [9.17, 15) is 4.79 Å². The molecule has 0 spiro atoms. The second kappa shape index (κ2) is 6.58. The van der Waals surface area contributed by atoms with E-state index in [1.165, 1.54) is 0 Å². The van der Waals surface area contributed by atoms with Crippen molar-refractivity contribution in [1.29, 1.82) is 0 Å². The Morgan fingerprint density at radius 1 is 1.30 bits per heavy atom. The number of hydrogen-bond donors (Lipinski definition) is 1. The average molecular weight is 446 g/mol. The van der Waals surface area contributed by atoms with Crippen LogP contribution >= 0.6 is 38.5 Å². The van der Waals surface area contributed by atoms with Crippen LogP contribution in [0, 0.1) is 10.5 Å². The summed E-state index contributed by atoms with van der Waals surface area (Å²) in [7, 11) is 1.59. The van der Waals surface area contributed by atoms with Gasteiger partial charge in [0.2, 0.25) is 0 Å². The van der Waals surface area contributed by atoms with Crippen LogP contribution in [0.4, 0.5) is 5.69 Å². The van der Waals surface area contributed by atoms with Crippen molar-refractivity contribution in [1.82, 2.24) is 0 Å². The highest BCUT2D eigenvalue weighted by Gasteiger charge is 2.12. The van der Waals surface area contributed by atoms with Gasteiger partial charge < -0.3 is 10.1 Å². The summed E-state index contributed by atoms with van der Waals surface area (Å²) in [5, 5.41) is 2.89. The van der Waals surface area contributed by atoms with Crippen molar-refractivity contribution in [2.75, 3.05) is 12.4 Å². The molecule has 20 heavy (non-hydrogen) atoms. The Balaban J connectivity index is 2.28. The lowest BCUT2D eigenvalue weighted by atomic mass is 10.1. The number of hydrogen-bond acceptors (Lipinski definition) is 2. The highest BCUT2D eigenvalue weighted by molar-refractivity contribution is 14.1. The van der Waals surface area contributed by atoms with Crippen LogP contribution < -0.4 is 10.1 Å². The zero-order chi connectivity index (χ0) is 14.7. The highest BCUT2D eigenvalue weighted by atomic mass is 127. The van der Waals surface area contributed by atoms with Crippen molar-refractivity contribution in [2.45, 2.75) is 6.92 Å². The molecule has 2 rings (SSSR count). The van der Waals surface area contributed by atoms with E-state index in [2.05, 4.69) is 43.8 Å². The molecule has 0 saturated carbocycles. The molecule has 1 amide bonds. The second-order valence-electron chi connectivity index (χ2n) is 4.27. The topological polar surface area (TPSA) is 38.3 Å². The van der Waals surface area contributed by atoms with Crippen LogP contribution in [0.25, 0.3) is 0 Å². The highest BCUT2D eigenvalue weighted by Crippen LogP contribution is 2.25. The fourth-order valence-corrected chi connectivity index (χ4v) is 2.85. The average Bonchev–Trinajstić information content (AvgIpc) is 2.41. The third-order valence-corrected chi connectivity index (χ3v) is 4.69. The molecule has 0 bridgehead atoms. The fourth-order valence-electron chi connectivity index (χ4n) is 1.77. The van der Waals surface area contributed by atoms with E-state index in [-0.39, 0.29) is 5.91 Å². The summed E-state index contributed by atoms with van der Waals surface area (Å²) in [5.41, 5.74) is 2.45. The summed E-state index contributed by atoms with van der Waals surface area (Å²) in [5.74, 6) is 0.562. The Bertz CT molecular complexity index is 658. The molecule has 2 aromatic rings. The normalized spacial score (nSPS) is 10.2. The second-order valence-corrected chi connectivity index (χ2v) is 6.26. The van der Waals surface area contributed by atoms with E-state index in [0.29, 0.717) is 17.0 Å². The molecular formula is C15H13BrINO2. The van der Waals surface area contributed by atoms with Crippen LogP contribution in [0.5, 0.6) is 5.75 Å². The number of carbonyl (C=O) groups is 1. The number of rotatable bonds is 3. The smallest absolute Gasteiger partial charge is 0.256 e. The first-order chi connectivity index (χ1) is 9.51. The molecule has 0 unspecified atom stereocenters. The summed E-state index contributed by atoms with van der Waals surface area (Å²) in [6.45, 7) is 1.99. The van der Waals surface area contributed by atoms with Gasteiger partial charge >= 0.3 is 0 Å². The Kier molecular flexibility index (Phi) is 5.04. The van der Waals surface area contributed by atoms with Gasteiger partial charge in [0.15, 0.2) is 0 Å². The predicted octanol–water partition coefficient (Wildman–Crippen LogP) is 4.62. The van der Waals surface area contributed by atoms with Crippen molar-refractivity contribution in [3.8, 4) is 5.75 Å². The van der Waals surface area contributed by atoms with Crippen molar-refractivity contribution in [2.24, 2.45) is 0 Å². The standard InChI is InChI=1S/C15H13BrINO2/c1-9-4-3-5-13(14(9)17)15(19)18-11-6-10(16)7-12(8-11)20-2/h3-8H,1-2H3,(H,18,19). The predicted molar refractivity (Wildman–Crippen MR) is 92.5 cm³/mol. The van der Waals surface area contributed by atoms with Gasteiger partial charge in [-0.05, 0) is 53.3 Å². The van der Waals surface area contributed by atoms with Gasteiger partial charge in [0.1, 0.15) is 5.75 Å². The van der Waals surface area contributed by atoms with E-state index in [1.807, 2.05) is 37.3 Å². The van der Waals surface area contributed by atoms with Crippen LogP contribution in [0.15, 0.2) is 40.9 Å². The van der Waals surface area contributed by atoms with Gasteiger partial charge in [-0.3, -0.25) is 4.79 Å². The molecule has 0 heterocycles. The minimum Gasteiger partial charge on any atom is -0.497 e. The van der Waals surface area contributed by atoms with Gasteiger partial charge in [-0.2, -0.15) is 0 Å². The van der Waals surface area contributed by atoms with E-state index in [4.69, 9.17) is 4.74 Å². The van der Waals surface area contributed by atoms with Gasteiger partial charge in [0.05, 0.1) is 12.7 Å². The molecule has 0 aliphatic heterocycles. The lowest BCUT2D eigenvalue weighted by Gasteiger charge is -2.10. The summed E-state index contributed by atoms with van der Waals surface area (Å²) in [6, 6.07) is 11.1. The summed E-state index contributed by atoms with van der Waals surface area (Å²) < 4.78 is 7.00. The maximum absolute atomic E-state index is 12.3. The largest absolute Gasteiger partial charge is 0.497 e. The molecule has 104 valence electrons. The molecule has 0 aliphatic carbocycles. The van der Waals surface area contributed by atoms with E-state index < -0.39 is 0 Å². The molecule has 2 aromatic carbocycles. The molecule has 0 aromatic heterocycles. The Hall–Kier alpha value is -1.08. The van der Waals surface area contributed by atoms with Crippen molar-refractivity contribution in [3.05, 3.63) is 55.6 Å². The zero-order valence-corrected chi connectivity index (χ0v) is 14.8. The van der Waals surface area contributed by atoms with E-state index in [0.717, 1.165) is 13.6 Å². The molecule has 5 heteroatoms. The Morgan fingerprint density at radius 2 is 2.05 bits per heavy atom. The first kappa shape index (κ1) is 15.3. The van der Waals surface area contributed by atoms with Crippen LogP contribution in [0.2, 0.25) is 0 Å². The first-order valence-electron chi connectivity index (χ1n) is 5.92. The van der Waals surface area contributed by atoms with Gasteiger partial charge in [-0.15, -0.1) is 0 Å². The third-order valence-electron chi connectivity index (χ3n) is 2.80. The monoisotopic (exact) mass is 445 g/mol. The van der Waals surface area contributed by atoms with Crippen LogP contribution in [0.3, 0.4) is 0 Å². The van der Waals surface area contributed by atoms with Gasteiger partial charge in [-0.1, -0.05) is 28.1 Å². The number of benzene rings is 2. The molecule has 0 atom stereocenters. The number of aryl methyl sites for hydroxylation is 1. The number of amides is 1. The molecule has 1 N–H and O–H groups in total. The quantitative estimate of drug-likeness (QED) is 0.700.